The lowest BCUT2D eigenvalue weighted by Crippen LogP contribution is -2.44. The lowest BCUT2D eigenvalue weighted by Gasteiger charge is -2.27. The number of ether oxygens (including phenoxy) is 3. The highest BCUT2D eigenvalue weighted by Gasteiger charge is 2.18. The molecule has 1 aliphatic heterocycles. The molecule has 2 amide bonds. The lowest BCUT2D eigenvalue weighted by atomic mass is 10.1. The Morgan fingerprint density at radius 3 is 2.11 bits per heavy atom. The number of benzene rings is 3. The number of methoxy groups -OCH3 is 2. The largest absolute Gasteiger partial charge is 0.497 e. The molecule has 0 aliphatic carbocycles. The van der Waals surface area contributed by atoms with Crippen molar-refractivity contribution in [3.05, 3.63) is 77.9 Å². The first-order chi connectivity index (χ1) is 18.1. The molecule has 9 heteroatoms. The van der Waals surface area contributed by atoms with Crippen molar-refractivity contribution >= 4 is 23.2 Å². The van der Waals surface area contributed by atoms with Crippen molar-refractivity contribution in [2.24, 2.45) is 0 Å². The Hall–Kier alpha value is -4.08. The van der Waals surface area contributed by atoms with Gasteiger partial charge in [0.25, 0.3) is 11.8 Å². The standard InChI is InChI=1S/C28H32N4O5/c1-35-21-9-7-20(8-10-21)27(33)30-24-5-3-4-6-25(24)31-28(34)23-12-11-22(36-2)19-26(23)37-18-17-32-15-13-29-14-16-32/h3-12,19,29H,13-18H2,1-2H3,(H,30,33)(H,31,34). The van der Waals surface area contributed by atoms with Crippen LogP contribution < -0.4 is 30.2 Å². The summed E-state index contributed by atoms with van der Waals surface area (Å²) in [6, 6.07) is 18.9. The maximum absolute atomic E-state index is 13.3. The maximum Gasteiger partial charge on any atom is 0.259 e. The van der Waals surface area contributed by atoms with Crippen LogP contribution in [0, 0.1) is 0 Å². The number of nitrogens with one attached hydrogen (secondary N) is 3. The van der Waals surface area contributed by atoms with E-state index in [4.69, 9.17) is 14.2 Å². The predicted molar refractivity (Wildman–Crippen MR) is 143 cm³/mol. The minimum atomic E-state index is -0.356. The zero-order valence-corrected chi connectivity index (χ0v) is 21.1. The highest BCUT2D eigenvalue weighted by Crippen LogP contribution is 2.28. The number of hydrogen-bond acceptors (Lipinski definition) is 7. The summed E-state index contributed by atoms with van der Waals surface area (Å²) in [6.07, 6.45) is 0. The smallest absolute Gasteiger partial charge is 0.259 e. The molecule has 0 radical (unpaired) electrons. The van der Waals surface area contributed by atoms with Crippen LogP contribution in [-0.4, -0.2) is 70.3 Å². The molecule has 4 rings (SSSR count). The number of hydrogen-bond donors (Lipinski definition) is 3. The zero-order chi connectivity index (χ0) is 26.0. The molecule has 1 saturated heterocycles. The SMILES string of the molecule is COc1ccc(C(=O)Nc2ccccc2NC(=O)c2ccc(OC)cc2OCCN2CCNCC2)cc1. The van der Waals surface area contributed by atoms with Gasteiger partial charge >= 0.3 is 0 Å². The van der Waals surface area contributed by atoms with E-state index in [-0.39, 0.29) is 11.8 Å². The van der Waals surface area contributed by atoms with Gasteiger partial charge in [0.1, 0.15) is 23.9 Å². The number of amides is 2. The highest BCUT2D eigenvalue weighted by molar-refractivity contribution is 6.10. The van der Waals surface area contributed by atoms with Gasteiger partial charge in [-0.15, -0.1) is 0 Å². The second-order valence-corrected chi connectivity index (χ2v) is 8.48. The van der Waals surface area contributed by atoms with Crippen LogP contribution in [-0.2, 0) is 0 Å². The van der Waals surface area contributed by atoms with Crippen LogP contribution in [0.25, 0.3) is 0 Å². The molecule has 0 saturated carbocycles. The van der Waals surface area contributed by atoms with E-state index in [0.29, 0.717) is 46.4 Å². The summed E-state index contributed by atoms with van der Waals surface area (Å²) in [6.45, 7) is 5.06. The van der Waals surface area contributed by atoms with Gasteiger partial charge < -0.3 is 30.2 Å². The summed E-state index contributed by atoms with van der Waals surface area (Å²) in [5.74, 6) is 1.04. The fourth-order valence-electron chi connectivity index (χ4n) is 3.98. The summed E-state index contributed by atoms with van der Waals surface area (Å²) >= 11 is 0. The molecule has 0 bridgehead atoms. The van der Waals surface area contributed by atoms with E-state index in [9.17, 15) is 9.59 Å². The first kappa shape index (κ1) is 26.0. The maximum atomic E-state index is 13.3. The molecule has 1 fully saturated rings. The van der Waals surface area contributed by atoms with E-state index >= 15 is 0 Å². The monoisotopic (exact) mass is 504 g/mol. The molecule has 0 aromatic heterocycles. The van der Waals surface area contributed by atoms with Crippen molar-refractivity contribution in [3.63, 3.8) is 0 Å². The Labute approximate surface area is 216 Å². The lowest BCUT2D eigenvalue weighted by molar-refractivity contribution is 0.101. The average Bonchev–Trinajstić information content (AvgIpc) is 2.94. The summed E-state index contributed by atoms with van der Waals surface area (Å²) in [7, 11) is 3.14. The molecular formula is C28H32N4O5. The number of piperazine rings is 1. The summed E-state index contributed by atoms with van der Waals surface area (Å²) < 4.78 is 16.5. The molecule has 1 heterocycles. The zero-order valence-electron chi connectivity index (χ0n) is 21.1. The van der Waals surface area contributed by atoms with Crippen LogP contribution in [0.3, 0.4) is 0 Å². The molecule has 3 N–H and O–H groups in total. The van der Waals surface area contributed by atoms with Gasteiger partial charge in [0.05, 0.1) is 31.2 Å². The number of carbonyl (C=O) groups is 2. The topological polar surface area (TPSA) is 101 Å². The quantitative estimate of drug-likeness (QED) is 0.389. The van der Waals surface area contributed by atoms with Crippen molar-refractivity contribution in [1.29, 1.82) is 0 Å². The highest BCUT2D eigenvalue weighted by atomic mass is 16.5. The second-order valence-electron chi connectivity index (χ2n) is 8.48. The van der Waals surface area contributed by atoms with Gasteiger partial charge in [-0.1, -0.05) is 12.1 Å². The van der Waals surface area contributed by atoms with Crippen molar-refractivity contribution in [1.82, 2.24) is 10.2 Å². The van der Waals surface area contributed by atoms with Gasteiger partial charge in [0.2, 0.25) is 0 Å². The molecule has 0 atom stereocenters. The van der Waals surface area contributed by atoms with Gasteiger partial charge in [-0.3, -0.25) is 14.5 Å². The minimum absolute atomic E-state index is 0.300. The van der Waals surface area contributed by atoms with E-state index in [2.05, 4.69) is 20.9 Å². The molecule has 3 aromatic rings. The van der Waals surface area contributed by atoms with Crippen molar-refractivity contribution in [2.45, 2.75) is 0 Å². The third-order valence-corrected chi connectivity index (χ3v) is 6.08. The van der Waals surface area contributed by atoms with E-state index in [0.717, 1.165) is 32.7 Å². The fourth-order valence-corrected chi connectivity index (χ4v) is 3.98. The normalized spacial score (nSPS) is 13.5. The number of rotatable bonds is 10. The Morgan fingerprint density at radius 2 is 1.46 bits per heavy atom. The van der Waals surface area contributed by atoms with Crippen molar-refractivity contribution in [2.75, 3.05) is 64.2 Å². The second kappa shape index (κ2) is 12.8. The van der Waals surface area contributed by atoms with Crippen LogP contribution >= 0.6 is 0 Å². The molecule has 9 nitrogen and oxygen atoms in total. The molecule has 0 spiro atoms. The van der Waals surface area contributed by atoms with Gasteiger partial charge in [0, 0.05) is 44.4 Å². The molecule has 1 aliphatic rings. The Bertz CT molecular complexity index is 1210. The molecule has 37 heavy (non-hydrogen) atoms. The van der Waals surface area contributed by atoms with E-state index < -0.39 is 0 Å². The first-order valence-corrected chi connectivity index (χ1v) is 12.2. The number of anilines is 2. The van der Waals surface area contributed by atoms with Gasteiger partial charge in [-0.2, -0.15) is 0 Å². The van der Waals surface area contributed by atoms with Crippen LogP contribution in [0.2, 0.25) is 0 Å². The number of carbonyl (C=O) groups excluding carboxylic acids is 2. The van der Waals surface area contributed by atoms with Gasteiger partial charge in [-0.25, -0.2) is 0 Å². The molecule has 0 unspecified atom stereocenters. The number of para-hydroxylation sites is 2. The summed E-state index contributed by atoms with van der Waals surface area (Å²) in [5, 5.41) is 9.11. The van der Waals surface area contributed by atoms with E-state index in [1.807, 2.05) is 0 Å². The third kappa shape index (κ3) is 6.99. The Morgan fingerprint density at radius 1 is 0.838 bits per heavy atom. The first-order valence-electron chi connectivity index (χ1n) is 12.2. The molecule has 194 valence electrons. The average molecular weight is 505 g/mol. The van der Waals surface area contributed by atoms with Crippen LogP contribution in [0.1, 0.15) is 20.7 Å². The van der Waals surface area contributed by atoms with Crippen LogP contribution in [0.5, 0.6) is 17.2 Å². The third-order valence-electron chi connectivity index (χ3n) is 6.08. The van der Waals surface area contributed by atoms with Crippen LogP contribution in [0.4, 0.5) is 11.4 Å². The predicted octanol–water partition coefficient (Wildman–Crippen LogP) is 3.49. The Balaban J connectivity index is 1.46. The van der Waals surface area contributed by atoms with E-state index in [1.54, 1.807) is 80.9 Å². The van der Waals surface area contributed by atoms with Gasteiger partial charge in [-0.05, 0) is 48.5 Å². The number of nitrogens with zero attached hydrogens (tertiary/aromatic N) is 1. The van der Waals surface area contributed by atoms with Crippen LogP contribution in [0.15, 0.2) is 66.7 Å². The van der Waals surface area contributed by atoms with Crippen molar-refractivity contribution in [3.8, 4) is 17.2 Å². The minimum Gasteiger partial charge on any atom is -0.497 e. The molecular weight excluding hydrogens is 472 g/mol. The fraction of sp³-hybridized carbons (Fsp3) is 0.286. The van der Waals surface area contributed by atoms with Crippen molar-refractivity contribution < 1.29 is 23.8 Å². The molecule has 3 aromatic carbocycles. The van der Waals surface area contributed by atoms with Gasteiger partial charge in [0.15, 0.2) is 0 Å². The summed E-state index contributed by atoms with van der Waals surface area (Å²) in [5.41, 5.74) is 1.79. The van der Waals surface area contributed by atoms with E-state index in [1.165, 1.54) is 0 Å². The summed E-state index contributed by atoms with van der Waals surface area (Å²) in [4.78, 5) is 28.4. The Kier molecular flexibility index (Phi) is 8.96.